The molecule has 0 heterocycles. The van der Waals surface area contributed by atoms with E-state index in [4.69, 9.17) is 0 Å². The van der Waals surface area contributed by atoms with Gasteiger partial charge in [0.05, 0.1) is 0 Å². The van der Waals surface area contributed by atoms with Crippen molar-refractivity contribution < 1.29 is 4.79 Å². The molecule has 1 aliphatic rings. The number of ketones is 1. The molecule has 1 aliphatic carbocycles. The highest BCUT2D eigenvalue weighted by molar-refractivity contribution is 5.97. The number of benzene rings is 2. The number of rotatable bonds is 4. The lowest BCUT2D eigenvalue weighted by atomic mass is 9.99. The molecule has 0 N–H and O–H groups in total. The largest absolute Gasteiger partial charge is 0.294 e. The second kappa shape index (κ2) is 5.23. The first kappa shape index (κ1) is 11.9. The van der Waals surface area contributed by atoms with Gasteiger partial charge in [0, 0.05) is 12.0 Å². The molecule has 0 saturated carbocycles. The van der Waals surface area contributed by atoms with Crippen molar-refractivity contribution in [3.63, 3.8) is 0 Å². The number of hydrogen-bond donors (Lipinski definition) is 0. The maximum Gasteiger partial charge on any atom is 0.163 e. The lowest BCUT2D eigenvalue weighted by Crippen LogP contribution is -2.02. The first-order chi connectivity index (χ1) is 9.33. The second-order valence-corrected chi connectivity index (χ2v) is 4.93. The summed E-state index contributed by atoms with van der Waals surface area (Å²) >= 11 is 0. The third-order valence-corrected chi connectivity index (χ3v) is 3.59. The fourth-order valence-corrected chi connectivity index (χ4v) is 2.47. The highest BCUT2D eigenvalue weighted by Crippen LogP contribution is 2.21. The van der Waals surface area contributed by atoms with Crippen LogP contribution in [0, 0.1) is 0 Å². The molecule has 0 unspecified atom stereocenters. The summed E-state index contributed by atoms with van der Waals surface area (Å²) in [6.07, 6.45) is 6.62. The van der Waals surface area contributed by atoms with Crippen molar-refractivity contribution in [2.24, 2.45) is 0 Å². The Balaban J connectivity index is 1.69. The average molecular weight is 248 g/mol. The van der Waals surface area contributed by atoms with Crippen LogP contribution in [0.2, 0.25) is 0 Å². The van der Waals surface area contributed by atoms with Crippen LogP contribution in [-0.4, -0.2) is 5.78 Å². The summed E-state index contributed by atoms with van der Waals surface area (Å²) in [5.41, 5.74) is 4.57. The van der Waals surface area contributed by atoms with Gasteiger partial charge in [-0.2, -0.15) is 0 Å². The van der Waals surface area contributed by atoms with E-state index in [0.717, 1.165) is 18.4 Å². The van der Waals surface area contributed by atoms with Gasteiger partial charge in [0.1, 0.15) is 0 Å². The van der Waals surface area contributed by atoms with E-state index in [1.807, 2.05) is 30.3 Å². The standard InChI is InChI=1S/C18H16O/c19-18(12-9-14-5-2-1-3-6-14)17-11-10-15-7-4-8-16(15)13-17/h1-6,8,10-11,13H,7,9,12H2. The fraction of sp³-hybridized carbons (Fsp3) is 0.167. The maximum absolute atomic E-state index is 12.2. The van der Waals surface area contributed by atoms with E-state index in [1.165, 1.54) is 16.7 Å². The number of allylic oxidation sites excluding steroid dienone is 1. The van der Waals surface area contributed by atoms with Crippen LogP contribution >= 0.6 is 0 Å². The van der Waals surface area contributed by atoms with Gasteiger partial charge >= 0.3 is 0 Å². The van der Waals surface area contributed by atoms with Gasteiger partial charge in [0.2, 0.25) is 0 Å². The molecule has 0 fully saturated rings. The molecule has 0 aliphatic heterocycles. The van der Waals surface area contributed by atoms with E-state index in [2.05, 4.69) is 30.4 Å². The quantitative estimate of drug-likeness (QED) is 0.745. The third-order valence-electron chi connectivity index (χ3n) is 3.59. The highest BCUT2D eigenvalue weighted by atomic mass is 16.1. The van der Waals surface area contributed by atoms with Crippen molar-refractivity contribution in [2.75, 3.05) is 0 Å². The molecule has 0 aromatic heterocycles. The van der Waals surface area contributed by atoms with Crippen LogP contribution in [0.3, 0.4) is 0 Å². The van der Waals surface area contributed by atoms with Crippen LogP contribution in [0.1, 0.15) is 33.5 Å². The predicted molar refractivity (Wildman–Crippen MR) is 78.3 cm³/mol. The van der Waals surface area contributed by atoms with Gasteiger partial charge in [-0.1, -0.05) is 54.6 Å². The Hall–Kier alpha value is -2.15. The van der Waals surface area contributed by atoms with Gasteiger partial charge in [0.25, 0.3) is 0 Å². The monoisotopic (exact) mass is 248 g/mol. The molecule has 0 spiro atoms. The lowest BCUT2D eigenvalue weighted by Gasteiger charge is -2.04. The molecule has 0 bridgehead atoms. The zero-order valence-electron chi connectivity index (χ0n) is 10.8. The molecule has 0 saturated heterocycles. The lowest BCUT2D eigenvalue weighted by molar-refractivity contribution is 0.0983. The van der Waals surface area contributed by atoms with Crippen molar-refractivity contribution in [1.82, 2.24) is 0 Å². The number of carbonyl (C=O) groups excluding carboxylic acids is 1. The van der Waals surface area contributed by atoms with E-state index in [1.54, 1.807) is 0 Å². The first-order valence-electron chi connectivity index (χ1n) is 6.69. The molecule has 0 amide bonds. The molecule has 2 aromatic rings. The molecule has 94 valence electrons. The number of fused-ring (bicyclic) bond motifs is 1. The van der Waals surface area contributed by atoms with E-state index < -0.39 is 0 Å². The summed E-state index contributed by atoms with van der Waals surface area (Å²) in [5, 5.41) is 0. The third kappa shape index (κ3) is 2.65. The first-order valence-corrected chi connectivity index (χ1v) is 6.69. The molecule has 19 heavy (non-hydrogen) atoms. The summed E-state index contributed by atoms with van der Waals surface area (Å²) in [5.74, 6) is 0.229. The molecule has 2 aromatic carbocycles. The Labute approximate surface area is 113 Å². The van der Waals surface area contributed by atoms with Crippen LogP contribution in [0.15, 0.2) is 54.6 Å². The molecule has 3 rings (SSSR count). The molecular formula is C18H16O. The van der Waals surface area contributed by atoms with E-state index in [9.17, 15) is 4.79 Å². The summed E-state index contributed by atoms with van der Waals surface area (Å²) in [7, 11) is 0. The van der Waals surface area contributed by atoms with Crippen molar-refractivity contribution >= 4 is 11.9 Å². The van der Waals surface area contributed by atoms with Gasteiger partial charge in [-0.05, 0) is 35.6 Å². The molecule has 1 nitrogen and oxygen atoms in total. The summed E-state index contributed by atoms with van der Waals surface area (Å²) in [6.45, 7) is 0. The van der Waals surface area contributed by atoms with Crippen molar-refractivity contribution in [1.29, 1.82) is 0 Å². The minimum atomic E-state index is 0.229. The number of hydrogen-bond acceptors (Lipinski definition) is 1. The fourth-order valence-electron chi connectivity index (χ4n) is 2.47. The second-order valence-electron chi connectivity index (χ2n) is 4.93. The molecule has 0 atom stereocenters. The van der Waals surface area contributed by atoms with E-state index >= 15 is 0 Å². The Bertz CT molecular complexity index is 623. The van der Waals surface area contributed by atoms with Crippen LogP contribution in [0.25, 0.3) is 6.08 Å². The van der Waals surface area contributed by atoms with Gasteiger partial charge in [-0.15, -0.1) is 0 Å². The summed E-state index contributed by atoms with van der Waals surface area (Å²) in [6, 6.07) is 16.2. The summed E-state index contributed by atoms with van der Waals surface area (Å²) < 4.78 is 0. The zero-order chi connectivity index (χ0) is 13.1. The normalized spacial score (nSPS) is 12.4. The van der Waals surface area contributed by atoms with Gasteiger partial charge in [0.15, 0.2) is 5.78 Å². The SMILES string of the molecule is O=C(CCc1ccccc1)c1ccc2c(c1)C=CC2. The minimum Gasteiger partial charge on any atom is -0.294 e. The van der Waals surface area contributed by atoms with Crippen molar-refractivity contribution in [3.05, 3.63) is 76.9 Å². The Morgan fingerprint density at radius 3 is 2.74 bits per heavy atom. The zero-order valence-corrected chi connectivity index (χ0v) is 10.8. The van der Waals surface area contributed by atoms with Crippen LogP contribution < -0.4 is 0 Å². The van der Waals surface area contributed by atoms with Crippen molar-refractivity contribution in [3.8, 4) is 0 Å². The average Bonchev–Trinajstić information content (AvgIpc) is 2.93. The minimum absolute atomic E-state index is 0.229. The predicted octanol–water partition coefficient (Wildman–Crippen LogP) is 4.07. The molecular weight excluding hydrogens is 232 g/mol. The smallest absolute Gasteiger partial charge is 0.163 e. The van der Waals surface area contributed by atoms with Crippen molar-refractivity contribution in [2.45, 2.75) is 19.3 Å². The van der Waals surface area contributed by atoms with Crippen LogP contribution in [0.5, 0.6) is 0 Å². The Kier molecular flexibility index (Phi) is 3.28. The van der Waals surface area contributed by atoms with Gasteiger partial charge in [-0.25, -0.2) is 0 Å². The number of carbonyl (C=O) groups is 1. The van der Waals surface area contributed by atoms with E-state index in [-0.39, 0.29) is 5.78 Å². The topological polar surface area (TPSA) is 17.1 Å². The van der Waals surface area contributed by atoms with Crippen LogP contribution in [0.4, 0.5) is 0 Å². The maximum atomic E-state index is 12.2. The van der Waals surface area contributed by atoms with Gasteiger partial charge in [-0.3, -0.25) is 4.79 Å². The number of Topliss-reactive ketones (excluding diaryl/α,β-unsaturated/α-hetero) is 1. The molecule has 0 radical (unpaired) electrons. The van der Waals surface area contributed by atoms with E-state index in [0.29, 0.717) is 6.42 Å². The van der Waals surface area contributed by atoms with Gasteiger partial charge < -0.3 is 0 Å². The highest BCUT2D eigenvalue weighted by Gasteiger charge is 2.10. The molecule has 1 heteroatoms. The Morgan fingerprint density at radius 1 is 1.05 bits per heavy atom. The van der Waals surface area contributed by atoms with Crippen LogP contribution in [-0.2, 0) is 12.8 Å². The number of aryl methyl sites for hydroxylation is 1. The summed E-state index contributed by atoms with van der Waals surface area (Å²) in [4.78, 5) is 12.2. The Morgan fingerprint density at radius 2 is 1.89 bits per heavy atom.